The predicted octanol–water partition coefficient (Wildman–Crippen LogP) is 4.09. The van der Waals surface area contributed by atoms with Crippen LogP contribution in [0.15, 0.2) is 46.1 Å². The summed E-state index contributed by atoms with van der Waals surface area (Å²) in [7, 11) is 0. The number of hydrogen-bond donors (Lipinski definition) is 1. The molecule has 31 heavy (non-hydrogen) atoms. The minimum atomic E-state index is -4.76. The first-order valence-electron chi connectivity index (χ1n) is 9.41. The van der Waals surface area contributed by atoms with E-state index >= 15 is 0 Å². The number of carbonyl (C=O) groups is 2. The van der Waals surface area contributed by atoms with Crippen LogP contribution in [0, 0.1) is 0 Å². The molecule has 1 atom stereocenters. The molecule has 1 unspecified atom stereocenters. The Kier molecular flexibility index (Phi) is 7.60. The maximum atomic E-state index is 12.5. The summed E-state index contributed by atoms with van der Waals surface area (Å²) in [6.07, 6.45) is -1.60. The summed E-state index contributed by atoms with van der Waals surface area (Å²) in [5, 5.41) is 6.17. The number of nitrogens with zero attached hydrogens (tertiary/aromatic N) is 2. The molecule has 1 aromatic carbocycles. The molecule has 0 saturated carbocycles. The van der Waals surface area contributed by atoms with E-state index in [0.717, 1.165) is 5.69 Å². The number of aromatic nitrogens is 1. The fourth-order valence-corrected chi connectivity index (χ4v) is 4.65. The van der Waals surface area contributed by atoms with E-state index in [2.05, 4.69) is 15.0 Å². The minimum absolute atomic E-state index is 0.137. The van der Waals surface area contributed by atoms with Crippen LogP contribution in [0.1, 0.15) is 19.8 Å². The number of ether oxygens (including phenoxy) is 1. The van der Waals surface area contributed by atoms with Crippen molar-refractivity contribution >= 4 is 34.9 Å². The lowest BCUT2D eigenvalue weighted by Gasteiger charge is -2.12. The van der Waals surface area contributed by atoms with Crippen LogP contribution in [0.3, 0.4) is 0 Å². The number of benzene rings is 1. The number of rotatable bonds is 7. The number of nitrogens with one attached hydrogen (secondary N) is 1. The lowest BCUT2D eigenvalue weighted by molar-refractivity contribution is -0.274. The topological polar surface area (TPSA) is 72.7 Å². The van der Waals surface area contributed by atoms with Crippen LogP contribution in [0.5, 0.6) is 5.75 Å². The lowest BCUT2D eigenvalue weighted by atomic mass is 10.1. The summed E-state index contributed by atoms with van der Waals surface area (Å²) >= 11 is 2.71. The summed E-state index contributed by atoms with van der Waals surface area (Å²) < 4.78 is 43.0. The van der Waals surface area contributed by atoms with Gasteiger partial charge in [-0.1, -0.05) is 6.08 Å². The fourth-order valence-electron chi connectivity index (χ4n) is 2.90. The van der Waals surface area contributed by atoms with Crippen LogP contribution in [-0.4, -0.2) is 34.5 Å². The average molecular weight is 472 g/mol. The molecule has 0 radical (unpaired) electrons. The molecule has 1 aliphatic heterocycles. The first kappa shape index (κ1) is 23.1. The van der Waals surface area contributed by atoms with Gasteiger partial charge in [0.1, 0.15) is 5.75 Å². The maximum absolute atomic E-state index is 12.5. The van der Waals surface area contributed by atoms with E-state index in [-0.39, 0.29) is 22.8 Å². The van der Waals surface area contributed by atoms with E-state index in [1.54, 1.807) is 0 Å². The summed E-state index contributed by atoms with van der Waals surface area (Å²) in [4.78, 5) is 28.4. The third-order valence-electron chi connectivity index (χ3n) is 4.28. The van der Waals surface area contributed by atoms with Gasteiger partial charge in [0.15, 0.2) is 4.80 Å². The van der Waals surface area contributed by atoms with Crippen molar-refractivity contribution < 1.29 is 27.5 Å². The smallest absolute Gasteiger partial charge is 0.406 e. The first-order valence-corrected chi connectivity index (χ1v) is 11.2. The molecule has 1 aromatic heterocycles. The van der Waals surface area contributed by atoms with Crippen LogP contribution in [0.2, 0.25) is 0 Å². The molecule has 2 aromatic rings. The molecule has 6 nitrogen and oxygen atoms in total. The fraction of sp³-hybridized carbons (Fsp3) is 0.350. The van der Waals surface area contributed by atoms with Crippen molar-refractivity contribution in [2.45, 2.75) is 37.9 Å². The van der Waals surface area contributed by atoms with E-state index in [4.69, 9.17) is 0 Å². The van der Waals surface area contributed by atoms with E-state index in [0.29, 0.717) is 36.3 Å². The van der Waals surface area contributed by atoms with Gasteiger partial charge in [-0.15, -0.1) is 36.3 Å². The van der Waals surface area contributed by atoms with E-state index in [9.17, 15) is 22.8 Å². The van der Waals surface area contributed by atoms with Crippen molar-refractivity contribution in [2.24, 2.45) is 4.99 Å². The molecular formula is C20H20F3N3O3S2. The van der Waals surface area contributed by atoms with Gasteiger partial charge in [0.2, 0.25) is 5.91 Å². The van der Waals surface area contributed by atoms with Crippen molar-refractivity contribution in [3.05, 3.63) is 45.9 Å². The number of halogens is 3. The van der Waals surface area contributed by atoms with E-state index < -0.39 is 6.36 Å². The Balaban J connectivity index is 1.87. The Morgan fingerprint density at radius 1 is 1.29 bits per heavy atom. The molecule has 0 saturated heterocycles. The highest BCUT2D eigenvalue weighted by atomic mass is 32.2. The van der Waals surface area contributed by atoms with Gasteiger partial charge in [-0.25, -0.2) is 0 Å². The molecule has 11 heteroatoms. The molecule has 0 spiro atoms. The van der Waals surface area contributed by atoms with Crippen LogP contribution < -0.4 is 14.9 Å². The van der Waals surface area contributed by atoms with Crippen molar-refractivity contribution in [1.82, 2.24) is 9.88 Å². The summed E-state index contributed by atoms with van der Waals surface area (Å²) in [6.45, 7) is 2.36. The molecule has 0 aliphatic carbocycles. The lowest BCUT2D eigenvalue weighted by Crippen LogP contribution is -2.25. The number of allylic oxidation sites excluding steroid dienone is 1. The zero-order valence-corrected chi connectivity index (χ0v) is 18.1. The van der Waals surface area contributed by atoms with Gasteiger partial charge in [-0.05, 0) is 48.1 Å². The predicted molar refractivity (Wildman–Crippen MR) is 113 cm³/mol. The monoisotopic (exact) mass is 471 g/mol. The van der Waals surface area contributed by atoms with Gasteiger partial charge in [-0.2, -0.15) is 4.99 Å². The second kappa shape index (κ2) is 10.2. The van der Waals surface area contributed by atoms with Crippen LogP contribution >= 0.6 is 23.1 Å². The molecular weight excluding hydrogens is 451 g/mol. The molecule has 1 N–H and O–H groups in total. The third kappa shape index (κ3) is 6.73. The van der Waals surface area contributed by atoms with Gasteiger partial charge in [0.25, 0.3) is 5.91 Å². The van der Waals surface area contributed by atoms with Crippen molar-refractivity contribution in [1.29, 1.82) is 0 Å². The maximum Gasteiger partial charge on any atom is 0.573 e. The number of hydrogen-bond acceptors (Lipinski definition) is 5. The number of amides is 2. The zero-order valence-electron chi connectivity index (χ0n) is 16.5. The molecule has 0 fully saturated rings. The minimum Gasteiger partial charge on any atom is -0.406 e. The van der Waals surface area contributed by atoms with Gasteiger partial charge in [0.05, 0.1) is 10.9 Å². The molecule has 0 bridgehead atoms. The largest absolute Gasteiger partial charge is 0.573 e. The van der Waals surface area contributed by atoms with Crippen LogP contribution in [0.4, 0.5) is 13.2 Å². The van der Waals surface area contributed by atoms with Gasteiger partial charge in [-0.3, -0.25) is 9.59 Å². The first-order chi connectivity index (χ1) is 14.7. The Hall–Kier alpha value is -2.53. The Labute approximate surface area is 184 Å². The molecule has 3 rings (SSSR count). The molecule has 2 heterocycles. The van der Waals surface area contributed by atoms with Gasteiger partial charge in [0, 0.05) is 25.4 Å². The number of alkyl halides is 3. The average Bonchev–Trinajstić information content (AvgIpc) is 3.35. The standard InChI is InChI=1S/C20H20F3N3O3S2/c1-13(27)24-9-3-10-26-16(14-5-7-15(8-6-14)29-20(21,22)23)12-31-19(26)25-18(28)17-4-2-11-30-17/h2,5-8,11-12,17H,3-4,9-10H2,1H3,(H,24,27). The van der Waals surface area contributed by atoms with Gasteiger partial charge >= 0.3 is 6.36 Å². The SMILES string of the molecule is CC(=O)NCCCn1c(-c2ccc(OC(F)(F)F)cc2)csc1=NC(=O)C1CC=CS1. The number of carbonyl (C=O) groups excluding carboxylic acids is 2. The van der Waals surface area contributed by atoms with Crippen molar-refractivity contribution in [2.75, 3.05) is 6.54 Å². The Bertz CT molecular complexity index is 1020. The highest BCUT2D eigenvalue weighted by Crippen LogP contribution is 2.28. The van der Waals surface area contributed by atoms with Crippen molar-refractivity contribution in [3.8, 4) is 17.0 Å². The van der Waals surface area contributed by atoms with E-state index in [1.165, 1.54) is 54.3 Å². The highest BCUT2D eigenvalue weighted by Gasteiger charge is 2.31. The summed E-state index contributed by atoms with van der Waals surface area (Å²) in [5.74, 6) is -0.677. The molecule has 2 amide bonds. The number of thioether (sulfide) groups is 1. The quantitative estimate of drug-likeness (QED) is 0.618. The third-order valence-corrected chi connectivity index (χ3v) is 6.22. The second-order valence-electron chi connectivity index (χ2n) is 6.65. The van der Waals surface area contributed by atoms with Crippen molar-refractivity contribution in [3.63, 3.8) is 0 Å². The summed E-state index contributed by atoms with van der Waals surface area (Å²) in [5.41, 5.74) is 1.38. The molecule has 1 aliphatic rings. The normalized spacial score (nSPS) is 16.5. The van der Waals surface area contributed by atoms with Crippen LogP contribution in [0.25, 0.3) is 11.3 Å². The van der Waals surface area contributed by atoms with E-state index in [1.807, 2.05) is 21.4 Å². The highest BCUT2D eigenvalue weighted by molar-refractivity contribution is 8.03. The van der Waals surface area contributed by atoms with Gasteiger partial charge < -0.3 is 14.6 Å². The molecule has 166 valence electrons. The second-order valence-corrected chi connectivity index (χ2v) is 8.60. The van der Waals surface area contributed by atoms with Crippen LogP contribution in [-0.2, 0) is 16.1 Å². The Morgan fingerprint density at radius 3 is 2.65 bits per heavy atom. The Morgan fingerprint density at radius 2 is 2.03 bits per heavy atom. The number of thiazole rings is 1. The zero-order chi connectivity index (χ0) is 22.4. The summed E-state index contributed by atoms with van der Waals surface area (Å²) in [6, 6.07) is 5.53.